The zero-order valence-corrected chi connectivity index (χ0v) is 28.0. The fourth-order valence-corrected chi connectivity index (χ4v) is 8.05. The first-order valence-electron chi connectivity index (χ1n) is 16.9. The molecule has 2 aromatic rings. The molecule has 2 unspecified atom stereocenters. The summed E-state index contributed by atoms with van der Waals surface area (Å²) < 4.78 is 12.5. The smallest absolute Gasteiger partial charge is 0.312 e. The van der Waals surface area contributed by atoms with E-state index in [2.05, 4.69) is 31.9 Å². The van der Waals surface area contributed by atoms with Crippen LogP contribution in [0.5, 0.6) is 0 Å². The Morgan fingerprint density at radius 3 is 2.36 bits per heavy atom. The van der Waals surface area contributed by atoms with Gasteiger partial charge in [0.15, 0.2) is 0 Å². The van der Waals surface area contributed by atoms with E-state index < -0.39 is 41.1 Å². The quantitative estimate of drug-likeness (QED) is 0.157. The van der Waals surface area contributed by atoms with Gasteiger partial charge in [-0.05, 0) is 82.7 Å². The van der Waals surface area contributed by atoms with Gasteiger partial charge in [0.05, 0.1) is 30.8 Å². The second-order valence-electron chi connectivity index (χ2n) is 13.0. The molecule has 9 nitrogen and oxygen atoms in total. The first-order chi connectivity index (χ1) is 22.7. The Morgan fingerprint density at radius 2 is 1.74 bits per heavy atom. The molecule has 3 fully saturated rings. The van der Waals surface area contributed by atoms with E-state index in [9.17, 15) is 14.7 Å². The summed E-state index contributed by atoms with van der Waals surface area (Å²) in [6.07, 6.45) is 6.04. The average molecular weight is 644 g/mol. The van der Waals surface area contributed by atoms with E-state index in [4.69, 9.17) is 9.47 Å². The number of aliphatic hydroxyl groups is 1. The number of hydrogen-bond donors (Lipinski definition) is 1. The molecule has 5 rings (SSSR count). The molecule has 3 aliphatic heterocycles. The minimum Gasteiger partial charge on any atom is -0.465 e. The van der Waals surface area contributed by atoms with Crippen molar-refractivity contribution in [2.24, 2.45) is 11.8 Å². The molecule has 252 valence electrons. The highest BCUT2D eigenvalue weighted by atomic mass is 16.6. The van der Waals surface area contributed by atoms with Crippen LogP contribution < -0.4 is 9.80 Å². The third-order valence-corrected chi connectivity index (χ3v) is 10.3. The minimum atomic E-state index is -1.25. The lowest BCUT2D eigenvalue weighted by molar-refractivity contribution is -0.160. The first kappa shape index (κ1) is 34.4. The van der Waals surface area contributed by atoms with Crippen LogP contribution in [0.25, 0.3) is 0 Å². The average Bonchev–Trinajstić information content (AvgIpc) is 3.66. The van der Waals surface area contributed by atoms with Crippen molar-refractivity contribution in [3.8, 4) is 0 Å². The van der Waals surface area contributed by atoms with Crippen LogP contribution in [0.15, 0.2) is 79.9 Å². The molecule has 2 aromatic carbocycles. The van der Waals surface area contributed by atoms with E-state index in [0.29, 0.717) is 37.8 Å². The number of anilines is 2. The third kappa shape index (κ3) is 6.23. The number of hydrogen-bond acceptors (Lipinski definition) is 7. The van der Waals surface area contributed by atoms with Crippen molar-refractivity contribution in [1.29, 1.82) is 0 Å². The van der Waals surface area contributed by atoms with Gasteiger partial charge in [0.25, 0.3) is 5.91 Å². The summed E-state index contributed by atoms with van der Waals surface area (Å²) >= 11 is 0. The van der Waals surface area contributed by atoms with Crippen molar-refractivity contribution in [3.05, 3.63) is 85.5 Å². The largest absolute Gasteiger partial charge is 0.465 e. The second-order valence-corrected chi connectivity index (χ2v) is 13.0. The SMILES string of the molecule is C=CCCCOC(=O)[C@H]1[C@H]2C(=O)N([C@@H](CO)Cc3ccccc3)C(C(=O)N(CC=C)c3ccc(N(CC)CC)cc3)C23CC[C@]1(C)O3. The summed E-state index contributed by atoms with van der Waals surface area (Å²) in [4.78, 5) is 48.9. The topological polar surface area (TPSA) is 99.6 Å². The fraction of sp³-hybridized carbons (Fsp3) is 0.500. The van der Waals surface area contributed by atoms with Crippen LogP contribution in [0.2, 0.25) is 0 Å². The van der Waals surface area contributed by atoms with E-state index in [1.165, 1.54) is 4.90 Å². The Morgan fingerprint density at radius 1 is 1.06 bits per heavy atom. The van der Waals surface area contributed by atoms with Gasteiger partial charge in [-0.1, -0.05) is 42.5 Å². The van der Waals surface area contributed by atoms with Crippen molar-refractivity contribution in [2.45, 2.75) is 76.2 Å². The monoisotopic (exact) mass is 643 g/mol. The Hall–Kier alpha value is -3.95. The molecule has 6 atom stereocenters. The van der Waals surface area contributed by atoms with Gasteiger partial charge < -0.3 is 29.3 Å². The number of benzene rings is 2. The molecular formula is C38H49N3O6. The first-order valence-corrected chi connectivity index (χ1v) is 16.9. The summed E-state index contributed by atoms with van der Waals surface area (Å²) in [5.74, 6) is -2.95. The standard InChI is InChI=1S/C38H49N3O6/c1-6-10-14-24-46-36(45)32-31-34(43)41(30(26-42)25-27-15-12-11-13-16-27)33(38(31)22-21-37(32,5)47-38)35(44)40(23-7-2)29-19-17-28(18-20-29)39(8-3)9-4/h6-7,11-13,15-20,30-33,42H,1-2,8-10,14,21-26H2,3-5H3/t30-,31+,32-,33?,37+,38?/m1/s1. The molecule has 3 heterocycles. The van der Waals surface area contributed by atoms with E-state index in [1.807, 2.05) is 61.5 Å². The Balaban J connectivity index is 1.57. The van der Waals surface area contributed by atoms with Gasteiger partial charge in [-0.3, -0.25) is 14.4 Å². The predicted octanol–water partition coefficient (Wildman–Crippen LogP) is 4.93. The minimum absolute atomic E-state index is 0.206. The lowest BCUT2D eigenvalue weighted by Crippen LogP contribution is -2.59. The maximum atomic E-state index is 15.0. The number of ether oxygens (including phenoxy) is 2. The highest BCUT2D eigenvalue weighted by Crippen LogP contribution is 2.64. The molecule has 3 saturated heterocycles. The predicted molar refractivity (Wildman–Crippen MR) is 183 cm³/mol. The summed E-state index contributed by atoms with van der Waals surface area (Å²) in [5, 5.41) is 10.8. The molecule has 1 N–H and O–H groups in total. The zero-order chi connectivity index (χ0) is 33.8. The van der Waals surface area contributed by atoms with Crippen LogP contribution in [0.1, 0.15) is 52.0 Å². The van der Waals surface area contributed by atoms with Crippen molar-refractivity contribution in [1.82, 2.24) is 4.90 Å². The van der Waals surface area contributed by atoms with Gasteiger partial charge in [-0.15, -0.1) is 13.2 Å². The molecule has 9 heteroatoms. The van der Waals surface area contributed by atoms with E-state index in [1.54, 1.807) is 17.1 Å². The number of fused-ring (bicyclic) bond motifs is 1. The maximum absolute atomic E-state index is 15.0. The van der Waals surface area contributed by atoms with Crippen LogP contribution in [0.4, 0.5) is 11.4 Å². The molecule has 2 amide bonds. The highest BCUT2D eigenvalue weighted by Gasteiger charge is 2.79. The number of rotatable bonds is 16. The van der Waals surface area contributed by atoms with E-state index in [0.717, 1.165) is 24.3 Å². The molecule has 1 spiro atoms. The Kier molecular flexibility index (Phi) is 10.6. The number of amides is 2. The summed E-state index contributed by atoms with van der Waals surface area (Å²) in [5.41, 5.74) is 0.426. The molecule has 2 bridgehead atoms. The fourth-order valence-electron chi connectivity index (χ4n) is 8.05. The van der Waals surface area contributed by atoms with Crippen LogP contribution in [-0.2, 0) is 30.3 Å². The van der Waals surface area contributed by atoms with Crippen LogP contribution in [0.3, 0.4) is 0 Å². The number of nitrogens with zero attached hydrogens (tertiary/aromatic N) is 3. The molecule has 0 aromatic heterocycles. The van der Waals surface area contributed by atoms with Crippen molar-refractivity contribution < 1.29 is 29.0 Å². The zero-order valence-electron chi connectivity index (χ0n) is 28.0. The lowest BCUT2D eigenvalue weighted by atomic mass is 9.66. The summed E-state index contributed by atoms with van der Waals surface area (Å²) in [6, 6.07) is 15.6. The molecule has 0 aliphatic carbocycles. The second kappa shape index (κ2) is 14.4. The number of esters is 1. The molecular weight excluding hydrogens is 594 g/mol. The Labute approximate surface area is 278 Å². The van der Waals surface area contributed by atoms with Gasteiger partial charge >= 0.3 is 5.97 Å². The van der Waals surface area contributed by atoms with Crippen LogP contribution in [0, 0.1) is 11.8 Å². The van der Waals surface area contributed by atoms with Crippen LogP contribution in [-0.4, -0.2) is 83.9 Å². The maximum Gasteiger partial charge on any atom is 0.312 e. The highest BCUT2D eigenvalue weighted by molar-refractivity contribution is 6.05. The number of carbonyl (C=O) groups is 3. The van der Waals surface area contributed by atoms with Gasteiger partial charge in [0.2, 0.25) is 5.91 Å². The Bertz CT molecular complexity index is 1440. The van der Waals surface area contributed by atoms with Gasteiger partial charge in [-0.2, -0.15) is 0 Å². The number of aliphatic hydroxyl groups excluding tert-OH is 1. The third-order valence-electron chi connectivity index (χ3n) is 10.3. The van der Waals surface area contributed by atoms with E-state index >= 15 is 4.79 Å². The van der Waals surface area contributed by atoms with Gasteiger partial charge in [-0.25, -0.2) is 0 Å². The molecule has 3 aliphatic rings. The van der Waals surface area contributed by atoms with Crippen molar-refractivity contribution >= 4 is 29.2 Å². The number of unbranched alkanes of at least 4 members (excludes halogenated alkanes) is 1. The molecule has 47 heavy (non-hydrogen) atoms. The van der Waals surface area contributed by atoms with Crippen LogP contribution >= 0.6 is 0 Å². The van der Waals surface area contributed by atoms with E-state index in [-0.39, 0.29) is 31.6 Å². The van der Waals surface area contributed by atoms with Crippen molar-refractivity contribution in [3.63, 3.8) is 0 Å². The number of carbonyl (C=O) groups excluding carboxylic acids is 3. The number of likely N-dealkylation sites (tertiary alicyclic amines) is 1. The van der Waals surface area contributed by atoms with Gasteiger partial charge in [0.1, 0.15) is 17.6 Å². The summed E-state index contributed by atoms with van der Waals surface area (Å²) in [6.45, 7) is 15.5. The number of allylic oxidation sites excluding steroid dienone is 1. The van der Waals surface area contributed by atoms with Crippen molar-refractivity contribution in [2.75, 3.05) is 42.6 Å². The molecule has 0 saturated carbocycles. The van der Waals surface area contributed by atoms with Gasteiger partial charge in [0, 0.05) is 31.0 Å². The summed E-state index contributed by atoms with van der Waals surface area (Å²) in [7, 11) is 0. The molecule has 0 radical (unpaired) electrons. The normalized spacial score (nSPS) is 26.5. The lowest BCUT2D eigenvalue weighted by Gasteiger charge is -2.39.